The normalized spacial score (nSPS) is 11.4. The van der Waals surface area contributed by atoms with Crippen molar-refractivity contribution in [3.63, 3.8) is 0 Å². The lowest BCUT2D eigenvalue weighted by atomic mass is 10.1. The molecule has 0 radical (unpaired) electrons. The van der Waals surface area contributed by atoms with Gasteiger partial charge >= 0.3 is 12.1 Å². The van der Waals surface area contributed by atoms with Crippen molar-refractivity contribution in [1.82, 2.24) is 0 Å². The second-order valence-electron chi connectivity index (χ2n) is 3.04. The van der Waals surface area contributed by atoms with Crippen LogP contribution in [0, 0.1) is 0 Å². The van der Waals surface area contributed by atoms with Gasteiger partial charge in [0.05, 0.1) is 27.8 Å². The van der Waals surface area contributed by atoms with Crippen LogP contribution in [0.3, 0.4) is 0 Å². The van der Waals surface area contributed by atoms with Gasteiger partial charge in [0.1, 0.15) is 0 Å². The summed E-state index contributed by atoms with van der Waals surface area (Å²) in [6.07, 6.45) is -4.68. The zero-order chi connectivity index (χ0) is 13.2. The quantitative estimate of drug-likeness (QED) is 0.762. The fraction of sp³-hybridized carbons (Fsp3) is 0.300. The van der Waals surface area contributed by atoms with E-state index in [0.29, 0.717) is 6.07 Å². The first-order chi connectivity index (χ1) is 7.77. The van der Waals surface area contributed by atoms with Crippen molar-refractivity contribution in [3.05, 3.63) is 33.3 Å². The minimum absolute atomic E-state index is 0.0560. The number of hydrogen-bond donors (Lipinski definition) is 0. The van der Waals surface area contributed by atoms with E-state index in [9.17, 15) is 18.0 Å². The fourth-order valence-corrected chi connectivity index (χ4v) is 1.56. The summed E-state index contributed by atoms with van der Waals surface area (Å²) < 4.78 is 42.3. The number of esters is 1. The average Bonchev–Trinajstić information content (AvgIpc) is 2.20. The largest absolute Gasteiger partial charge is 0.462 e. The van der Waals surface area contributed by atoms with Gasteiger partial charge in [-0.05, 0) is 19.1 Å². The van der Waals surface area contributed by atoms with Gasteiger partial charge in [-0.25, -0.2) is 4.79 Å². The number of alkyl halides is 3. The lowest BCUT2D eigenvalue weighted by Gasteiger charge is -2.11. The maximum Gasteiger partial charge on any atom is 0.417 e. The minimum Gasteiger partial charge on any atom is -0.462 e. The maximum absolute atomic E-state index is 12.6. The van der Waals surface area contributed by atoms with Crippen molar-refractivity contribution >= 4 is 29.2 Å². The third-order valence-electron chi connectivity index (χ3n) is 1.84. The van der Waals surface area contributed by atoms with Crippen LogP contribution in [0.15, 0.2) is 12.1 Å². The van der Waals surface area contributed by atoms with E-state index in [2.05, 4.69) is 4.74 Å². The third-order valence-corrected chi connectivity index (χ3v) is 2.65. The molecule has 2 nitrogen and oxygen atoms in total. The molecule has 1 aromatic carbocycles. The Morgan fingerprint density at radius 1 is 1.35 bits per heavy atom. The van der Waals surface area contributed by atoms with Crippen molar-refractivity contribution in [1.29, 1.82) is 0 Å². The van der Waals surface area contributed by atoms with E-state index in [4.69, 9.17) is 23.2 Å². The molecule has 0 fully saturated rings. The number of carbonyl (C=O) groups is 1. The Kier molecular flexibility index (Phi) is 4.27. The summed E-state index contributed by atoms with van der Waals surface area (Å²) >= 11 is 11.0. The van der Waals surface area contributed by atoms with Crippen molar-refractivity contribution in [2.45, 2.75) is 13.1 Å². The number of halogens is 5. The van der Waals surface area contributed by atoms with E-state index < -0.39 is 22.7 Å². The van der Waals surface area contributed by atoms with E-state index in [0.717, 1.165) is 6.07 Å². The van der Waals surface area contributed by atoms with Gasteiger partial charge in [0.25, 0.3) is 0 Å². The molecule has 94 valence electrons. The molecule has 0 bridgehead atoms. The second-order valence-corrected chi connectivity index (χ2v) is 3.82. The van der Waals surface area contributed by atoms with E-state index in [1.165, 1.54) is 0 Å². The molecule has 17 heavy (non-hydrogen) atoms. The van der Waals surface area contributed by atoms with Gasteiger partial charge in [-0.1, -0.05) is 23.2 Å². The van der Waals surface area contributed by atoms with Crippen molar-refractivity contribution in [2.75, 3.05) is 6.61 Å². The van der Waals surface area contributed by atoms with Gasteiger partial charge < -0.3 is 4.74 Å². The summed E-state index contributed by atoms with van der Waals surface area (Å²) in [5.41, 5.74) is -1.44. The Morgan fingerprint density at radius 2 is 1.94 bits per heavy atom. The van der Waals surface area contributed by atoms with E-state index in [-0.39, 0.29) is 17.2 Å². The predicted octanol–water partition coefficient (Wildman–Crippen LogP) is 4.19. The monoisotopic (exact) mass is 286 g/mol. The molecule has 0 heterocycles. The van der Waals surface area contributed by atoms with Crippen molar-refractivity contribution in [3.8, 4) is 0 Å². The molecular formula is C10H7Cl2F3O2. The van der Waals surface area contributed by atoms with Gasteiger partial charge in [0, 0.05) is 0 Å². The fourth-order valence-electron chi connectivity index (χ4n) is 1.13. The maximum atomic E-state index is 12.6. The van der Waals surface area contributed by atoms with E-state index in [1.54, 1.807) is 6.92 Å². The molecule has 0 atom stereocenters. The molecule has 0 aliphatic heterocycles. The molecule has 0 amide bonds. The second kappa shape index (κ2) is 5.14. The molecule has 0 aromatic heterocycles. The molecule has 0 aliphatic rings. The molecule has 0 saturated carbocycles. The Balaban J connectivity index is 3.29. The van der Waals surface area contributed by atoms with Crippen LogP contribution in [0.5, 0.6) is 0 Å². The number of ether oxygens (including phenoxy) is 1. The van der Waals surface area contributed by atoms with Crippen molar-refractivity contribution in [2.24, 2.45) is 0 Å². The zero-order valence-electron chi connectivity index (χ0n) is 8.57. The molecule has 1 rings (SSSR count). The highest BCUT2D eigenvalue weighted by Crippen LogP contribution is 2.39. The van der Waals surface area contributed by atoms with Crippen LogP contribution in [0.2, 0.25) is 10.0 Å². The van der Waals surface area contributed by atoms with Gasteiger partial charge in [-0.2, -0.15) is 13.2 Å². The summed E-state index contributed by atoms with van der Waals surface area (Å²) in [5, 5.41) is -0.975. The van der Waals surface area contributed by atoms with Gasteiger partial charge in [-0.15, -0.1) is 0 Å². The molecule has 1 aromatic rings. The average molecular weight is 287 g/mol. The Bertz CT molecular complexity index is 444. The Labute approximate surface area is 105 Å². The molecule has 0 spiro atoms. The highest BCUT2D eigenvalue weighted by Gasteiger charge is 2.35. The van der Waals surface area contributed by atoms with Crippen LogP contribution in [0.4, 0.5) is 13.2 Å². The number of benzene rings is 1. The Hall–Kier alpha value is -0.940. The highest BCUT2D eigenvalue weighted by molar-refractivity contribution is 6.42. The molecule has 0 saturated heterocycles. The van der Waals surface area contributed by atoms with Crippen LogP contribution in [-0.4, -0.2) is 12.6 Å². The van der Waals surface area contributed by atoms with E-state index in [1.807, 2.05) is 0 Å². The molecular weight excluding hydrogens is 280 g/mol. The van der Waals surface area contributed by atoms with Crippen LogP contribution < -0.4 is 0 Å². The first-order valence-corrected chi connectivity index (χ1v) is 5.26. The summed E-state index contributed by atoms with van der Waals surface area (Å²) in [7, 11) is 0. The lowest BCUT2D eigenvalue weighted by Crippen LogP contribution is -2.10. The number of carbonyl (C=O) groups excluding carboxylic acids is 1. The topological polar surface area (TPSA) is 26.3 Å². The first-order valence-electron chi connectivity index (χ1n) is 4.50. The highest BCUT2D eigenvalue weighted by atomic mass is 35.5. The van der Waals surface area contributed by atoms with Gasteiger partial charge in [0.2, 0.25) is 0 Å². The van der Waals surface area contributed by atoms with Crippen LogP contribution >= 0.6 is 23.2 Å². The first kappa shape index (κ1) is 14.1. The Morgan fingerprint density at radius 3 is 2.41 bits per heavy atom. The predicted molar refractivity (Wildman–Crippen MR) is 57.4 cm³/mol. The molecule has 0 aliphatic carbocycles. The van der Waals surface area contributed by atoms with Crippen LogP contribution in [0.25, 0.3) is 0 Å². The van der Waals surface area contributed by atoms with Crippen LogP contribution in [-0.2, 0) is 10.9 Å². The summed E-state index contributed by atoms with van der Waals surface area (Å²) in [6, 6.07) is 1.66. The van der Waals surface area contributed by atoms with E-state index >= 15 is 0 Å². The SMILES string of the molecule is CCOC(=O)c1cc(Cl)c(Cl)c(C(F)(F)F)c1. The standard InChI is InChI=1S/C10H7Cl2F3O2/c1-2-17-9(16)5-3-6(10(13,14)15)8(12)7(11)4-5/h3-4H,2H2,1H3. The van der Waals surface area contributed by atoms with Crippen LogP contribution in [0.1, 0.15) is 22.8 Å². The van der Waals surface area contributed by atoms with Gasteiger partial charge in [0.15, 0.2) is 0 Å². The summed E-state index contributed by atoms with van der Waals surface area (Å²) in [4.78, 5) is 11.3. The molecule has 7 heteroatoms. The van der Waals surface area contributed by atoms with Gasteiger partial charge in [-0.3, -0.25) is 0 Å². The lowest BCUT2D eigenvalue weighted by molar-refractivity contribution is -0.137. The summed E-state index contributed by atoms with van der Waals surface area (Å²) in [6.45, 7) is 1.60. The molecule has 0 unspecified atom stereocenters. The van der Waals surface area contributed by atoms with Crippen molar-refractivity contribution < 1.29 is 22.7 Å². The third kappa shape index (κ3) is 3.26. The smallest absolute Gasteiger partial charge is 0.417 e. The molecule has 0 N–H and O–H groups in total. The number of rotatable bonds is 2. The number of hydrogen-bond acceptors (Lipinski definition) is 2. The minimum atomic E-state index is -4.68. The summed E-state index contributed by atoms with van der Waals surface area (Å²) in [5.74, 6) is -0.878. The zero-order valence-corrected chi connectivity index (χ0v) is 10.1.